The molecule has 2 aromatic rings. The Labute approximate surface area is 123 Å². The smallest absolute Gasteiger partial charge is 0.142 e. The van der Waals surface area contributed by atoms with E-state index in [9.17, 15) is 0 Å². The zero-order valence-corrected chi connectivity index (χ0v) is 13.0. The van der Waals surface area contributed by atoms with E-state index in [4.69, 9.17) is 4.98 Å². The van der Waals surface area contributed by atoms with Gasteiger partial charge in [-0.25, -0.2) is 15.0 Å². The van der Waals surface area contributed by atoms with E-state index in [1.807, 2.05) is 19.2 Å². The molecule has 1 saturated carbocycles. The monoisotopic (exact) mass is 288 g/mol. The Balaban J connectivity index is 1.90. The Hall–Kier alpha value is -1.33. The summed E-state index contributed by atoms with van der Waals surface area (Å²) in [4.78, 5) is 14.9. The van der Waals surface area contributed by atoms with Gasteiger partial charge in [0.25, 0.3) is 0 Å². The molecule has 4 nitrogen and oxygen atoms in total. The molecule has 2 heterocycles. The minimum absolute atomic E-state index is 0.494. The number of aryl methyl sites for hydroxylation is 1. The lowest BCUT2D eigenvalue weighted by Gasteiger charge is -2.06. The van der Waals surface area contributed by atoms with Gasteiger partial charge < -0.3 is 5.32 Å². The fraction of sp³-hybridized carbons (Fsp3) is 0.533. The molecule has 0 atom stereocenters. The van der Waals surface area contributed by atoms with Crippen molar-refractivity contribution >= 4 is 11.3 Å². The molecular weight excluding hydrogens is 268 g/mol. The van der Waals surface area contributed by atoms with Gasteiger partial charge in [-0.05, 0) is 25.8 Å². The first kappa shape index (κ1) is 13.6. The SMILES string of the molecule is Cc1nccc(-c2nc(C3CC3)c(CNC(C)C)s2)n1. The van der Waals surface area contributed by atoms with Gasteiger partial charge in [-0.15, -0.1) is 11.3 Å². The maximum absolute atomic E-state index is 4.85. The van der Waals surface area contributed by atoms with E-state index in [2.05, 4.69) is 29.1 Å². The highest BCUT2D eigenvalue weighted by Crippen LogP contribution is 2.44. The Morgan fingerprint density at radius 1 is 1.35 bits per heavy atom. The Morgan fingerprint density at radius 3 is 2.80 bits per heavy atom. The summed E-state index contributed by atoms with van der Waals surface area (Å²) in [7, 11) is 0. The first-order chi connectivity index (χ1) is 9.63. The van der Waals surface area contributed by atoms with Crippen LogP contribution in [0.1, 0.15) is 49.0 Å². The molecule has 1 N–H and O–H groups in total. The summed E-state index contributed by atoms with van der Waals surface area (Å²) in [6.45, 7) is 7.17. The van der Waals surface area contributed by atoms with Crippen LogP contribution in [-0.4, -0.2) is 21.0 Å². The van der Waals surface area contributed by atoms with Gasteiger partial charge in [0.1, 0.15) is 16.5 Å². The molecule has 0 spiro atoms. The third-order valence-electron chi connectivity index (χ3n) is 3.36. The molecule has 1 aliphatic rings. The second kappa shape index (κ2) is 5.58. The summed E-state index contributed by atoms with van der Waals surface area (Å²) in [6, 6.07) is 2.44. The third kappa shape index (κ3) is 3.04. The summed E-state index contributed by atoms with van der Waals surface area (Å²) in [5.41, 5.74) is 2.23. The summed E-state index contributed by atoms with van der Waals surface area (Å²) >= 11 is 1.77. The van der Waals surface area contributed by atoms with E-state index in [1.165, 1.54) is 23.4 Å². The third-order valence-corrected chi connectivity index (χ3v) is 4.45. The fourth-order valence-corrected chi connectivity index (χ4v) is 3.22. The summed E-state index contributed by atoms with van der Waals surface area (Å²) < 4.78 is 0. The van der Waals surface area contributed by atoms with Crippen molar-refractivity contribution in [1.82, 2.24) is 20.3 Å². The lowest BCUT2D eigenvalue weighted by atomic mass is 10.2. The lowest BCUT2D eigenvalue weighted by molar-refractivity contribution is 0.590. The molecule has 0 amide bonds. The van der Waals surface area contributed by atoms with Crippen molar-refractivity contribution in [2.75, 3.05) is 0 Å². The molecule has 1 fully saturated rings. The van der Waals surface area contributed by atoms with Crippen LogP contribution < -0.4 is 5.32 Å². The average Bonchev–Trinajstić information content (AvgIpc) is 3.16. The van der Waals surface area contributed by atoms with Crippen LogP contribution in [0.2, 0.25) is 0 Å². The molecule has 3 rings (SSSR count). The van der Waals surface area contributed by atoms with Crippen molar-refractivity contribution in [2.24, 2.45) is 0 Å². The normalized spacial score (nSPS) is 15.0. The van der Waals surface area contributed by atoms with Crippen LogP contribution in [-0.2, 0) is 6.54 Å². The van der Waals surface area contributed by atoms with Crippen molar-refractivity contribution in [3.63, 3.8) is 0 Å². The van der Waals surface area contributed by atoms with Crippen LogP contribution in [0.15, 0.2) is 12.3 Å². The second-order valence-corrected chi connectivity index (χ2v) is 6.71. The predicted octanol–water partition coefficient (Wildman–Crippen LogP) is 3.28. The van der Waals surface area contributed by atoms with Crippen molar-refractivity contribution in [2.45, 2.75) is 52.1 Å². The highest BCUT2D eigenvalue weighted by molar-refractivity contribution is 7.15. The van der Waals surface area contributed by atoms with E-state index in [0.717, 1.165) is 23.1 Å². The van der Waals surface area contributed by atoms with E-state index >= 15 is 0 Å². The zero-order chi connectivity index (χ0) is 14.1. The molecule has 0 radical (unpaired) electrons. The Bertz CT molecular complexity index is 602. The molecule has 1 aliphatic carbocycles. The summed E-state index contributed by atoms with van der Waals surface area (Å²) in [5, 5.41) is 4.52. The van der Waals surface area contributed by atoms with E-state index < -0.39 is 0 Å². The van der Waals surface area contributed by atoms with Crippen LogP contribution >= 0.6 is 11.3 Å². The van der Waals surface area contributed by atoms with Crippen LogP contribution in [0.5, 0.6) is 0 Å². The number of rotatable bonds is 5. The number of thiazole rings is 1. The van der Waals surface area contributed by atoms with Crippen molar-refractivity contribution in [1.29, 1.82) is 0 Å². The van der Waals surface area contributed by atoms with Gasteiger partial charge in [0.15, 0.2) is 0 Å². The highest BCUT2D eigenvalue weighted by Gasteiger charge is 2.29. The van der Waals surface area contributed by atoms with E-state index in [1.54, 1.807) is 11.3 Å². The predicted molar refractivity (Wildman–Crippen MR) is 81.8 cm³/mol. The Kier molecular flexibility index (Phi) is 3.81. The van der Waals surface area contributed by atoms with Crippen molar-refractivity contribution < 1.29 is 0 Å². The largest absolute Gasteiger partial charge is 0.310 e. The molecule has 0 unspecified atom stereocenters. The van der Waals surface area contributed by atoms with Gasteiger partial charge in [0.2, 0.25) is 0 Å². The molecule has 0 aliphatic heterocycles. The van der Waals surface area contributed by atoms with Gasteiger partial charge >= 0.3 is 0 Å². The molecule has 106 valence electrons. The molecular formula is C15H20N4S. The van der Waals surface area contributed by atoms with Crippen LogP contribution in [0.4, 0.5) is 0 Å². The zero-order valence-electron chi connectivity index (χ0n) is 12.2. The summed E-state index contributed by atoms with van der Waals surface area (Å²) in [5.74, 6) is 1.47. The van der Waals surface area contributed by atoms with E-state index in [-0.39, 0.29) is 0 Å². The maximum atomic E-state index is 4.85. The quantitative estimate of drug-likeness (QED) is 0.917. The van der Waals surface area contributed by atoms with Gasteiger partial charge in [-0.3, -0.25) is 0 Å². The number of hydrogen-bond donors (Lipinski definition) is 1. The van der Waals surface area contributed by atoms with Gasteiger partial charge in [0, 0.05) is 29.6 Å². The lowest BCUT2D eigenvalue weighted by Crippen LogP contribution is -2.21. The van der Waals surface area contributed by atoms with Crippen molar-refractivity contribution in [3.05, 3.63) is 28.7 Å². The summed E-state index contributed by atoms with van der Waals surface area (Å²) in [6.07, 6.45) is 4.36. The van der Waals surface area contributed by atoms with Gasteiger partial charge in [-0.2, -0.15) is 0 Å². The molecule has 20 heavy (non-hydrogen) atoms. The Morgan fingerprint density at radius 2 is 2.15 bits per heavy atom. The highest BCUT2D eigenvalue weighted by atomic mass is 32.1. The molecule has 0 bridgehead atoms. The standard InChI is InChI=1S/C15H20N4S/c1-9(2)17-8-13-14(11-4-5-11)19-15(20-13)12-6-7-16-10(3)18-12/h6-7,9,11,17H,4-5,8H2,1-3H3. The number of nitrogens with zero attached hydrogens (tertiary/aromatic N) is 3. The van der Waals surface area contributed by atoms with Crippen molar-refractivity contribution in [3.8, 4) is 10.7 Å². The van der Waals surface area contributed by atoms with Gasteiger partial charge in [-0.1, -0.05) is 13.8 Å². The fourth-order valence-electron chi connectivity index (χ4n) is 2.15. The minimum atomic E-state index is 0.494. The van der Waals surface area contributed by atoms with Gasteiger partial charge in [0.05, 0.1) is 5.69 Å². The topological polar surface area (TPSA) is 50.7 Å². The second-order valence-electron chi connectivity index (χ2n) is 5.63. The molecule has 5 heteroatoms. The maximum Gasteiger partial charge on any atom is 0.142 e. The number of hydrogen-bond acceptors (Lipinski definition) is 5. The molecule has 0 aromatic carbocycles. The number of aromatic nitrogens is 3. The van der Waals surface area contributed by atoms with Crippen LogP contribution in [0.25, 0.3) is 10.7 Å². The molecule has 0 saturated heterocycles. The molecule has 2 aromatic heterocycles. The average molecular weight is 288 g/mol. The first-order valence-electron chi connectivity index (χ1n) is 7.16. The van der Waals surface area contributed by atoms with Crippen LogP contribution in [0.3, 0.4) is 0 Å². The minimum Gasteiger partial charge on any atom is -0.310 e. The first-order valence-corrected chi connectivity index (χ1v) is 7.98. The van der Waals surface area contributed by atoms with E-state index in [0.29, 0.717) is 12.0 Å². The number of nitrogens with one attached hydrogen (secondary N) is 1. The van der Waals surface area contributed by atoms with Crippen LogP contribution in [0, 0.1) is 6.92 Å².